The van der Waals surface area contributed by atoms with Gasteiger partial charge in [-0.1, -0.05) is 42.8 Å². The van der Waals surface area contributed by atoms with Crippen LogP contribution in [0.1, 0.15) is 31.2 Å². The molecule has 2 heterocycles. The van der Waals surface area contributed by atoms with Crippen molar-refractivity contribution in [3.63, 3.8) is 0 Å². The average Bonchev–Trinajstić information content (AvgIpc) is 3.25. The summed E-state index contributed by atoms with van der Waals surface area (Å²) in [6.07, 6.45) is 4.14. The van der Waals surface area contributed by atoms with Gasteiger partial charge in [-0.2, -0.15) is 4.31 Å². The third kappa shape index (κ3) is 5.56. The molecule has 1 atom stereocenters. The van der Waals surface area contributed by atoms with Crippen molar-refractivity contribution < 1.29 is 13.2 Å². The van der Waals surface area contributed by atoms with Crippen LogP contribution in [0.4, 0.5) is 4.79 Å². The molecule has 6 nitrogen and oxygen atoms in total. The zero-order chi connectivity index (χ0) is 19.8. The Morgan fingerprint density at radius 2 is 1.86 bits per heavy atom. The highest BCUT2D eigenvalue weighted by atomic mass is 32.2. The molecule has 0 bridgehead atoms. The monoisotopic (exact) mass is 421 g/mol. The van der Waals surface area contributed by atoms with E-state index in [1.54, 1.807) is 21.8 Å². The van der Waals surface area contributed by atoms with Gasteiger partial charge in [0.15, 0.2) is 0 Å². The average molecular weight is 422 g/mol. The summed E-state index contributed by atoms with van der Waals surface area (Å²) in [4.78, 5) is 12.0. The molecule has 0 spiro atoms. The van der Waals surface area contributed by atoms with E-state index in [2.05, 4.69) is 10.6 Å². The number of hydrogen-bond donors (Lipinski definition) is 2. The first-order valence-corrected chi connectivity index (χ1v) is 12.0. The van der Waals surface area contributed by atoms with Gasteiger partial charge >= 0.3 is 6.03 Å². The maximum absolute atomic E-state index is 12.9. The first-order chi connectivity index (χ1) is 13.6. The van der Waals surface area contributed by atoms with E-state index < -0.39 is 10.0 Å². The first-order valence-electron chi connectivity index (χ1n) is 9.68. The van der Waals surface area contributed by atoms with Gasteiger partial charge in [-0.3, -0.25) is 0 Å². The summed E-state index contributed by atoms with van der Waals surface area (Å²) in [6.45, 7) is 1.57. The van der Waals surface area contributed by atoms with Crippen molar-refractivity contribution >= 4 is 27.4 Å². The van der Waals surface area contributed by atoms with Crippen molar-refractivity contribution in [3.8, 4) is 0 Å². The van der Waals surface area contributed by atoms with E-state index in [1.807, 2.05) is 30.3 Å². The number of benzene rings is 1. The largest absolute Gasteiger partial charge is 0.338 e. The van der Waals surface area contributed by atoms with Gasteiger partial charge in [0.2, 0.25) is 0 Å². The minimum Gasteiger partial charge on any atom is -0.338 e. The van der Waals surface area contributed by atoms with Crippen LogP contribution in [0.15, 0.2) is 52.1 Å². The van der Waals surface area contributed by atoms with Gasteiger partial charge in [-0.05, 0) is 42.7 Å². The first kappa shape index (κ1) is 20.8. The number of urea groups is 1. The number of amides is 2. The molecule has 1 aromatic carbocycles. The number of thiophene rings is 1. The maximum Gasteiger partial charge on any atom is 0.314 e. The Morgan fingerprint density at radius 3 is 2.61 bits per heavy atom. The molecule has 0 aliphatic carbocycles. The molecule has 2 amide bonds. The van der Waals surface area contributed by atoms with Gasteiger partial charge in [0.05, 0.1) is 0 Å². The molecule has 1 aliphatic rings. The van der Waals surface area contributed by atoms with E-state index in [-0.39, 0.29) is 12.1 Å². The van der Waals surface area contributed by atoms with Gasteiger partial charge in [0, 0.05) is 25.7 Å². The van der Waals surface area contributed by atoms with Crippen molar-refractivity contribution in [1.29, 1.82) is 0 Å². The highest BCUT2D eigenvalue weighted by Crippen LogP contribution is 2.28. The fourth-order valence-corrected chi connectivity index (χ4v) is 6.33. The van der Waals surface area contributed by atoms with Crippen LogP contribution in [0.3, 0.4) is 0 Å². The second-order valence-corrected chi connectivity index (χ2v) is 9.97. The lowest BCUT2D eigenvalue weighted by Gasteiger charge is -2.34. The molecular formula is C20H27N3O3S2. The smallest absolute Gasteiger partial charge is 0.314 e. The number of nitrogens with one attached hydrogen (secondary N) is 2. The standard InChI is InChI=1S/C20H27N3O3S2/c24-20(21-13-11-17-7-2-1-3-8-17)22-14-12-18-9-4-5-15-23(18)28(25,26)19-10-6-16-27-19/h1-3,6-8,10,16,18H,4-5,9,11-15H2,(H2,21,22,24). The summed E-state index contributed by atoms with van der Waals surface area (Å²) in [5.41, 5.74) is 1.18. The second-order valence-electron chi connectivity index (χ2n) is 6.90. The van der Waals surface area contributed by atoms with Crippen LogP contribution in [0, 0.1) is 0 Å². The van der Waals surface area contributed by atoms with Crippen LogP contribution in [0.5, 0.6) is 0 Å². The zero-order valence-electron chi connectivity index (χ0n) is 15.8. The van der Waals surface area contributed by atoms with Crippen molar-refractivity contribution in [2.24, 2.45) is 0 Å². The summed E-state index contributed by atoms with van der Waals surface area (Å²) >= 11 is 1.25. The normalized spacial score (nSPS) is 17.9. The Bertz CT molecular complexity index is 839. The van der Waals surface area contributed by atoms with Gasteiger partial charge < -0.3 is 10.6 Å². The van der Waals surface area contributed by atoms with E-state index >= 15 is 0 Å². The van der Waals surface area contributed by atoms with Gasteiger partial charge in [-0.25, -0.2) is 13.2 Å². The Kier molecular flexibility index (Phi) is 7.47. The van der Waals surface area contributed by atoms with Gasteiger partial charge in [-0.15, -0.1) is 11.3 Å². The predicted octanol–water partition coefficient (Wildman–Crippen LogP) is 3.22. The van der Waals surface area contributed by atoms with Crippen LogP contribution in [0.25, 0.3) is 0 Å². The summed E-state index contributed by atoms with van der Waals surface area (Å²) in [7, 11) is -3.44. The number of sulfonamides is 1. The lowest BCUT2D eigenvalue weighted by molar-refractivity contribution is 0.229. The molecule has 152 valence electrons. The van der Waals surface area contributed by atoms with E-state index in [9.17, 15) is 13.2 Å². The van der Waals surface area contributed by atoms with Crippen LogP contribution in [0.2, 0.25) is 0 Å². The number of piperidine rings is 1. The molecule has 28 heavy (non-hydrogen) atoms. The summed E-state index contributed by atoms with van der Waals surface area (Å²) < 4.78 is 27.8. The number of carbonyl (C=O) groups is 1. The number of carbonyl (C=O) groups excluding carboxylic acids is 1. The zero-order valence-corrected chi connectivity index (χ0v) is 17.5. The summed E-state index contributed by atoms with van der Waals surface area (Å²) in [6, 6.07) is 13.1. The highest BCUT2D eigenvalue weighted by molar-refractivity contribution is 7.91. The molecule has 1 aliphatic heterocycles. The van der Waals surface area contributed by atoms with Crippen molar-refractivity contribution in [1.82, 2.24) is 14.9 Å². The van der Waals surface area contributed by atoms with Gasteiger partial charge in [0.1, 0.15) is 4.21 Å². The summed E-state index contributed by atoms with van der Waals surface area (Å²) in [5, 5.41) is 7.49. The third-order valence-corrected chi connectivity index (χ3v) is 8.26. The molecule has 8 heteroatoms. The van der Waals surface area contributed by atoms with E-state index in [4.69, 9.17) is 0 Å². The quantitative estimate of drug-likeness (QED) is 0.687. The van der Waals surface area contributed by atoms with Crippen LogP contribution in [-0.4, -0.2) is 44.4 Å². The Balaban J connectivity index is 1.44. The number of rotatable bonds is 8. The predicted molar refractivity (Wildman–Crippen MR) is 112 cm³/mol. The van der Waals surface area contributed by atoms with Crippen LogP contribution in [-0.2, 0) is 16.4 Å². The fraction of sp³-hybridized carbons (Fsp3) is 0.450. The highest BCUT2D eigenvalue weighted by Gasteiger charge is 2.33. The van der Waals surface area contributed by atoms with Crippen LogP contribution >= 0.6 is 11.3 Å². The van der Waals surface area contributed by atoms with E-state index in [1.165, 1.54) is 16.9 Å². The molecule has 0 radical (unpaired) electrons. The third-order valence-electron chi connectivity index (χ3n) is 4.94. The number of nitrogens with zero attached hydrogens (tertiary/aromatic N) is 1. The Hall–Kier alpha value is -1.90. The second kappa shape index (κ2) is 10.0. The SMILES string of the molecule is O=C(NCCc1ccccc1)NCCC1CCCCN1S(=O)(=O)c1cccs1. The van der Waals surface area contributed by atoms with Crippen molar-refractivity contribution in [2.45, 2.75) is 42.4 Å². The molecule has 1 unspecified atom stereocenters. The molecule has 1 fully saturated rings. The Labute approximate surface area is 171 Å². The van der Waals surface area contributed by atoms with Crippen LogP contribution < -0.4 is 10.6 Å². The Morgan fingerprint density at radius 1 is 1.07 bits per heavy atom. The topological polar surface area (TPSA) is 78.5 Å². The minimum atomic E-state index is -3.44. The summed E-state index contributed by atoms with van der Waals surface area (Å²) in [5.74, 6) is 0. The molecule has 2 N–H and O–H groups in total. The van der Waals surface area contributed by atoms with E-state index in [0.29, 0.717) is 30.3 Å². The molecule has 1 aromatic heterocycles. The molecule has 3 rings (SSSR count). The molecular weight excluding hydrogens is 394 g/mol. The van der Waals surface area contributed by atoms with Crippen molar-refractivity contribution in [3.05, 3.63) is 53.4 Å². The molecule has 1 saturated heterocycles. The molecule has 0 saturated carbocycles. The van der Waals surface area contributed by atoms with E-state index in [0.717, 1.165) is 25.7 Å². The minimum absolute atomic E-state index is 0.0644. The number of hydrogen-bond acceptors (Lipinski definition) is 4. The lowest BCUT2D eigenvalue weighted by atomic mass is 10.0. The van der Waals surface area contributed by atoms with Crippen molar-refractivity contribution in [2.75, 3.05) is 19.6 Å². The van der Waals surface area contributed by atoms with Gasteiger partial charge in [0.25, 0.3) is 10.0 Å². The molecule has 2 aromatic rings. The fourth-order valence-electron chi connectivity index (χ4n) is 3.48. The maximum atomic E-state index is 12.9. The lowest BCUT2D eigenvalue weighted by Crippen LogP contribution is -2.45.